The summed E-state index contributed by atoms with van der Waals surface area (Å²) in [4.78, 5) is 26.3. The fraction of sp³-hybridized carbons (Fsp3) is 0.176. The zero-order chi connectivity index (χ0) is 15.8. The molecule has 1 saturated heterocycles. The second-order valence-electron chi connectivity index (χ2n) is 5.41. The Morgan fingerprint density at radius 1 is 1.04 bits per heavy atom. The fourth-order valence-corrected chi connectivity index (χ4v) is 4.27. The third-order valence-corrected chi connectivity index (χ3v) is 5.70. The molecule has 1 aliphatic rings. The molecule has 1 aliphatic heterocycles. The van der Waals surface area contributed by atoms with E-state index in [9.17, 15) is 9.59 Å². The van der Waals surface area contributed by atoms with Crippen LogP contribution in [0.25, 0.3) is 10.9 Å². The molecule has 4 nitrogen and oxygen atoms in total. The van der Waals surface area contributed by atoms with Crippen LogP contribution in [0, 0.1) is 0 Å². The summed E-state index contributed by atoms with van der Waals surface area (Å²) >= 11 is 2.82. The zero-order valence-electron chi connectivity index (χ0n) is 12.3. The van der Waals surface area contributed by atoms with Gasteiger partial charge in [0, 0.05) is 22.0 Å². The maximum Gasteiger partial charge on any atom is 0.289 e. The molecule has 0 bridgehead atoms. The van der Waals surface area contributed by atoms with E-state index in [4.69, 9.17) is 0 Å². The molecular formula is C17H14N2O2S2. The molecular weight excluding hydrogens is 328 g/mol. The van der Waals surface area contributed by atoms with Gasteiger partial charge in [-0.2, -0.15) is 0 Å². The number of fused-ring (bicyclic) bond motifs is 1. The van der Waals surface area contributed by atoms with Crippen LogP contribution in [0.4, 0.5) is 4.79 Å². The number of thioether (sulfide) groups is 1. The van der Waals surface area contributed by atoms with Gasteiger partial charge in [-0.1, -0.05) is 30.0 Å². The van der Waals surface area contributed by atoms with Crippen LogP contribution < -0.4 is 0 Å². The van der Waals surface area contributed by atoms with Crippen LogP contribution in [-0.4, -0.2) is 26.4 Å². The molecule has 0 N–H and O–H groups in total. The van der Waals surface area contributed by atoms with E-state index in [1.54, 1.807) is 11.3 Å². The van der Waals surface area contributed by atoms with Gasteiger partial charge in [0.15, 0.2) is 0 Å². The van der Waals surface area contributed by atoms with Gasteiger partial charge in [0.05, 0.1) is 18.8 Å². The second-order valence-corrected chi connectivity index (χ2v) is 7.37. The number of benzene rings is 1. The number of hydrogen-bond acceptors (Lipinski definition) is 4. The number of imide groups is 1. The Balaban J connectivity index is 1.67. The first-order valence-electron chi connectivity index (χ1n) is 7.28. The smallest absolute Gasteiger partial charge is 0.289 e. The molecule has 0 atom stereocenters. The largest absolute Gasteiger partial charge is 0.342 e. The highest BCUT2D eigenvalue weighted by atomic mass is 32.2. The van der Waals surface area contributed by atoms with Crippen molar-refractivity contribution >= 4 is 45.1 Å². The summed E-state index contributed by atoms with van der Waals surface area (Å²) in [5.74, 6) is 0.156. The fourth-order valence-electron chi connectivity index (χ4n) is 2.84. The number of carbonyl (C=O) groups excluding carboxylic acids is 2. The van der Waals surface area contributed by atoms with Gasteiger partial charge in [0.25, 0.3) is 5.24 Å². The highest BCUT2D eigenvalue weighted by Crippen LogP contribution is 2.26. The minimum Gasteiger partial charge on any atom is -0.342 e. The van der Waals surface area contributed by atoms with Crippen LogP contribution in [0.1, 0.15) is 10.4 Å². The summed E-state index contributed by atoms with van der Waals surface area (Å²) in [5.41, 5.74) is 2.14. The molecule has 0 radical (unpaired) electrons. The summed E-state index contributed by atoms with van der Waals surface area (Å²) in [7, 11) is 0. The molecule has 1 fully saturated rings. The van der Waals surface area contributed by atoms with Gasteiger partial charge >= 0.3 is 0 Å². The Hall–Kier alpha value is -2.05. The molecule has 0 saturated carbocycles. The van der Waals surface area contributed by atoms with Crippen LogP contribution in [-0.2, 0) is 17.9 Å². The van der Waals surface area contributed by atoms with Gasteiger partial charge in [-0.25, -0.2) is 0 Å². The van der Waals surface area contributed by atoms with Crippen molar-refractivity contribution in [2.75, 3.05) is 5.75 Å². The predicted octanol–water partition coefficient (Wildman–Crippen LogP) is 3.95. The monoisotopic (exact) mass is 342 g/mol. The minimum atomic E-state index is -0.148. The Morgan fingerprint density at radius 2 is 1.96 bits per heavy atom. The maximum absolute atomic E-state index is 11.8. The number of nitrogens with zero attached hydrogens (tertiary/aromatic N) is 2. The number of rotatable bonds is 4. The lowest BCUT2D eigenvalue weighted by Gasteiger charge is -2.14. The van der Waals surface area contributed by atoms with Crippen molar-refractivity contribution in [3.05, 3.63) is 58.4 Å². The number of amides is 2. The molecule has 4 rings (SSSR count). The summed E-state index contributed by atoms with van der Waals surface area (Å²) in [5, 5.41) is 3.03. The Morgan fingerprint density at radius 3 is 2.70 bits per heavy atom. The van der Waals surface area contributed by atoms with E-state index in [0.29, 0.717) is 6.54 Å². The standard InChI is InChI=1S/C17H14N2O2S2/c20-16-11-23-17(21)19(16)9-12-3-1-5-15-14(12)6-7-18(15)10-13-4-2-8-22-13/h1-8H,9-11H2. The lowest BCUT2D eigenvalue weighted by molar-refractivity contribution is -0.124. The lowest BCUT2D eigenvalue weighted by atomic mass is 10.1. The van der Waals surface area contributed by atoms with E-state index in [0.717, 1.165) is 34.8 Å². The third kappa shape index (κ3) is 2.68. The van der Waals surface area contributed by atoms with Crippen LogP contribution in [0.5, 0.6) is 0 Å². The zero-order valence-corrected chi connectivity index (χ0v) is 13.9. The maximum atomic E-state index is 11.8. The SMILES string of the molecule is O=C1CSC(=O)N1Cc1cccc2c1ccn2Cc1cccs1. The summed E-state index contributed by atoms with van der Waals surface area (Å²) in [6.45, 7) is 1.19. The molecule has 0 unspecified atom stereocenters. The highest BCUT2D eigenvalue weighted by molar-refractivity contribution is 8.14. The van der Waals surface area contributed by atoms with E-state index >= 15 is 0 Å². The first-order valence-corrected chi connectivity index (χ1v) is 9.15. The van der Waals surface area contributed by atoms with Gasteiger partial charge in [-0.05, 0) is 29.1 Å². The molecule has 2 aromatic heterocycles. The molecule has 116 valence electrons. The topological polar surface area (TPSA) is 42.3 Å². The van der Waals surface area contributed by atoms with Gasteiger partial charge in [-0.3, -0.25) is 14.5 Å². The molecule has 6 heteroatoms. The molecule has 3 aromatic rings. The van der Waals surface area contributed by atoms with Gasteiger partial charge in [0.1, 0.15) is 0 Å². The summed E-state index contributed by atoms with van der Waals surface area (Å²) in [6.07, 6.45) is 2.07. The molecule has 0 aliphatic carbocycles. The minimum absolute atomic E-state index is 0.102. The number of hydrogen-bond donors (Lipinski definition) is 0. The van der Waals surface area contributed by atoms with E-state index in [1.807, 2.05) is 12.1 Å². The highest BCUT2D eigenvalue weighted by Gasteiger charge is 2.30. The quantitative estimate of drug-likeness (QED) is 0.721. The molecule has 0 spiro atoms. The number of carbonyl (C=O) groups is 2. The summed E-state index contributed by atoms with van der Waals surface area (Å²) in [6, 6.07) is 12.3. The number of aromatic nitrogens is 1. The molecule has 23 heavy (non-hydrogen) atoms. The van der Waals surface area contributed by atoms with E-state index in [-0.39, 0.29) is 16.9 Å². The normalized spacial score (nSPS) is 15.0. The van der Waals surface area contributed by atoms with E-state index < -0.39 is 0 Å². The van der Waals surface area contributed by atoms with Crippen molar-refractivity contribution < 1.29 is 9.59 Å². The van der Waals surface area contributed by atoms with Crippen molar-refractivity contribution in [3.8, 4) is 0 Å². The van der Waals surface area contributed by atoms with Crippen molar-refractivity contribution in [3.63, 3.8) is 0 Å². The number of thiophene rings is 1. The van der Waals surface area contributed by atoms with Gasteiger partial charge < -0.3 is 4.57 Å². The lowest BCUT2D eigenvalue weighted by Crippen LogP contribution is -2.27. The predicted molar refractivity (Wildman–Crippen MR) is 93.8 cm³/mol. The van der Waals surface area contributed by atoms with Crippen LogP contribution in [0.2, 0.25) is 0 Å². The molecule has 3 heterocycles. The molecule has 1 aromatic carbocycles. The van der Waals surface area contributed by atoms with Crippen LogP contribution >= 0.6 is 23.1 Å². The van der Waals surface area contributed by atoms with Crippen LogP contribution in [0.3, 0.4) is 0 Å². The van der Waals surface area contributed by atoms with Crippen molar-refractivity contribution in [1.82, 2.24) is 9.47 Å². The van der Waals surface area contributed by atoms with E-state index in [1.165, 1.54) is 9.78 Å². The third-order valence-electron chi connectivity index (χ3n) is 3.98. The Kier molecular flexibility index (Phi) is 3.71. The Labute approximate surface area is 141 Å². The van der Waals surface area contributed by atoms with Crippen molar-refractivity contribution in [1.29, 1.82) is 0 Å². The van der Waals surface area contributed by atoms with Crippen molar-refractivity contribution in [2.24, 2.45) is 0 Å². The molecule has 2 amide bonds. The average molecular weight is 342 g/mol. The van der Waals surface area contributed by atoms with Gasteiger partial charge in [0.2, 0.25) is 5.91 Å². The summed E-state index contributed by atoms with van der Waals surface area (Å²) < 4.78 is 2.20. The Bertz CT molecular complexity index is 867. The van der Waals surface area contributed by atoms with Gasteiger partial charge in [-0.15, -0.1) is 11.3 Å². The first kappa shape index (κ1) is 14.5. The van der Waals surface area contributed by atoms with Crippen LogP contribution in [0.15, 0.2) is 48.0 Å². The first-order chi connectivity index (χ1) is 11.2. The van der Waals surface area contributed by atoms with E-state index in [2.05, 4.69) is 40.4 Å². The second kappa shape index (κ2) is 5.86. The van der Waals surface area contributed by atoms with Crippen molar-refractivity contribution in [2.45, 2.75) is 13.1 Å². The average Bonchev–Trinajstić information content (AvgIpc) is 3.26.